The predicted octanol–water partition coefficient (Wildman–Crippen LogP) is 0.527. The van der Waals surface area contributed by atoms with Crippen molar-refractivity contribution in [2.75, 3.05) is 20.2 Å². The molecule has 1 saturated heterocycles. The molecule has 0 radical (unpaired) electrons. The number of nitrogens with zero attached hydrogens (tertiary/aromatic N) is 2. The van der Waals surface area contributed by atoms with Gasteiger partial charge in [-0.05, 0) is 6.42 Å². The van der Waals surface area contributed by atoms with Gasteiger partial charge < -0.3 is 9.64 Å². The quantitative estimate of drug-likeness (QED) is 0.549. The summed E-state index contributed by atoms with van der Waals surface area (Å²) >= 11 is 0. The van der Waals surface area contributed by atoms with E-state index in [1.165, 1.54) is 7.11 Å². The molecule has 8 heteroatoms. The molecule has 0 N–H and O–H groups in total. The van der Waals surface area contributed by atoms with Gasteiger partial charge in [-0.1, -0.05) is 0 Å². The average Bonchev–Trinajstić information content (AvgIpc) is 2.59. The SMILES string of the molecule is COC(=O)CCN1CCC/C1=N\S(=O)(=O)Cl. The van der Waals surface area contributed by atoms with Crippen LogP contribution < -0.4 is 0 Å². The predicted molar refractivity (Wildman–Crippen MR) is 59.6 cm³/mol. The molecule has 1 aliphatic heterocycles. The molecule has 1 aliphatic rings. The van der Waals surface area contributed by atoms with E-state index in [9.17, 15) is 13.2 Å². The maximum atomic E-state index is 10.9. The maximum Gasteiger partial charge on any atom is 0.341 e. The summed E-state index contributed by atoms with van der Waals surface area (Å²) in [7, 11) is 2.46. The van der Waals surface area contributed by atoms with E-state index in [0.29, 0.717) is 25.3 Å². The van der Waals surface area contributed by atoms with E-state index in [0.717, 1.165) is 6.42 Å². The molecule has 0 aromatic carbocycles. The lowest BCUT2D eigenvalue weighted by Gasteiger charge is -2.17. The number of esters is 1. The first-order valence-corrected chi connectivity index (χ1v) is 7.04. The Kier molecular flexibility index (Phi) is 4.55. The number of halogens is 1. The molecule has 0 aromatic rings. The van der Waals surface area contributed by atoms with E-state index in [1.54, 1.807) is 4.90 Å². The Bertz CT molecular complexity index is 393. The number of hydrogen-bond acceptors (Lipinski definition) is 4. The van der Waals surface area contributed by atoms with Crippen molar-refractivity contribution >= 4 is 31.7 Å². The van der Waals surface area contributed by atoms with Crippen molar-refractivity contribution in [1.29, 1.82) is 0 Å². The average molecular weight is 269 g/mol. The summed E-state index contributed by atoms with van der Waals surface area (Å²) in [6, 6.07) is 0. The molecule has 92 valence electrons. The molecule has 0 aliphatic carbocycles. The van der Waals surface area contributed by atoms with Crippen LogP contribution in [0.2, 0.25) is 0 Å². The topological polar surface area (TPSA) is 76.0 Å². The Morgan fingerprint density at radius 1 is 1.62 bits per heavy atom. The highest BCUT2D eigenvalue weighted by Gasteiger charge is 2.21. The van der Waals surface area contributed by atoms with E-state index in [-0.39, 0.29) is 12.4 Å². The van der Waals surface area contributed by atoms with Gasteiger partial charge in [0.15, 0.2) is 0 Å². The largest absolute Gasteiger partial charge is 0.469 e. The number of carbonyl (C=O) groups is 1. The highest BCUT2D eigenvalue weighted by atomic mass is 35.7. The normalized spacial score (nSPS) is 19.1. The van der Waals surface area contributed by atoms with Gasteiger partial charge in [-0.25, -0.2) is 0 Å². The van der Waals surface area contributed by atoms with Gasteiger partial charge in [-0.15, -0.1) is 4.40 Å². The lowest BCUT2D eigenvalue weighted by molar-refractivity contribution is -0.140. The third-order valence-corrected chi connectivity index (χ3v) is 2.86. The molecule has 0 saturated carbocycles. The van der Waals surface area contributed by atoms with Gasteiger partial charge in [0.25, 0.3) is 0 Å². The van der Waals surface area contributed by atoms with Crippen LogP contribution in [0.4, 0.5) is 0 Å². The second kappa shape index (κ2) is 5.49. The molecule has 1 fully saturated rings. The van der Waals surface area contributed by atoms with Gasteiger partial charge in [0.2, 0.25) is 0 Å². The van der Waals surface area contributed by atoms with Crippen LogP contribution in [0, 0.1) is 0 Å². The zero-order valence-corrected chi connectivity index (χ0v) is 10.4. The summed E-state index contributed by atoms with van der Waals surface area (Å²) in [5, 5.41) is 0. The van der Waals surface area contributed by atoms with Crippen molar-refractivity contribution in [1.82, 2.24) is 4.90 Å². The molecule has 1 heterocycles. The molecule has 0 spiro atoms. The van der Waals surface area contributed by atoms with Crippen molar-refractivity contribution in [3.8, 4) is 0 Å². The Morgan fingerprint density at radius 3 is 2.88 bits per heavy atom. The van der Waals surface area contributed by atoms with Gasteiger partial charge in [0, 0.05) is 30.2 Å². The smallest absolute Gasteiger partial charge is 0.341 e. The van der Waals surface area contributed by atoms with Crippen molar-refractivity contribution < 1.29 is 17.9 Å². The summed E-state index contributed by atoms with van der Waals surface area (Å²) in [6.45, 7) is 1.08. The molecule has 6 nitrogen and oxygen atoms in total. The number of carbonyl (C=O) groups excluding carboxylic acids is 1. The van der Waals surface area contributed by atoms with Crippen LogP contribution in [0.25, 0.3) is 0 Å². The molecule has 0 unspecified atom stereocenters. The van der Waals surface area contributed by atoms with E-state index >= 15 is 0 Å². The number of rotatable bonds is 4. The fourth-order valence-electron chi connectivity index (χ4n) is 1.51. The van der Waals surface area contributed by atoms with Crippen molar-refractivity contribution in [3.63, 3.8) is 0 Å². The Morgan fingerprint density at radius 2 is 2.31 bits per heavy atom. The lowest BCUT2D eigenvalue weighted by atomic mass is 10.4. The van der Waals surface area contributed by atoms with Crippen LogP contribution in [0.5, 0.6) is 0 Å². The Labute approximate surface area is 98.8 Å². The molecule has 16 heavy (non-hydrogen) atoms. The number of ether oxygens (including phenoxy) is 1. The van der Waals surface area contributed by atoms with Gasteiger partial charge >= 0.3 is 15.2 Å². The zero-order valence-electron chi connectivity index (χ0n) is 8.85. The van der Waals surface area contributed by atoms with Crippen molar-refractivity contribution in [2.45, 2.75) is 19.3 Å². The zero-order chi connectivity index (χ0) is 12.2. The minimum absolute atomic E-state index is 0.206. The van der Waals surface area contributed by atoms with Gasteiger partial charge in [-0.2, -0.15) is 8.42 Å². The Balaban J connectivity index is 2.60. The first-order valence-electron chi connectivity index (χ1n) is 4.77. The van der Waals surface area contributed by atoms with E-state index < -0.39 is 9.24 Å². The molecule has 0 atom stereocenters. The highest BCUT2D eigenvalue weighted by molar-refractivity contribution is 8.12. The summed E-state index contributed by atoms with van der Waals surface area (Å²) < 4.78 is 29.5. The number of methoxy groups -OCH3 is 1. The van der Waals surface area contributed by atoms with Gasteiger partial charge in [0.1, 0.15) is 5.84 Å². The second-order valence-electron chi connectivity index (χ2n) is 3.34. The summed E-state index contributed by atoms with van der Waals surface area (Å²) in [5.74, 6) is 0.0823. The molecular formula is C8H13ClN2O4S. The molecule has 0 amide bonds. The van der Waals surface area contributed by atoms with Crippen LogP contribution in [0.15, 0.2) is 4.40 Å². The van der Waals surface area contributed by atoms with Crippen LogP contribution in [0.1, 0.15) is 19.3 Å². The minimum atomic E-state index is -3.88. The standard InChI is InChI=1S/C8H13ClN2O4S/c1-15-8(12)4-6-11-5-2-3-7(11)10-16(9,13)14/h2-6H2,1H3/b10-7+. The van der Waals surface area contributed by atoms with Crippen LogP contribution in [-0.2, 0) is 18.8 Å². The molecular weight excluding hydrogens is 256 g/mol. The fourth-order valence-corrected chi connectivity index (χ4v) is 2.21. The van der Waals surface area contributed by atoms with Gasteiger partial charge in [-0.3, -0.25) is 4.79 Å². The van der Waals surface area contributed by atoms with Crippen molar-refractivity contribution in [2.24, 2.45) is 4.40 Å². The van der Waals surface area contributed by atoms with E-state index in [2.05, 4.69) is 9.13 Å². The monoisotopic (exact) mass is 268 g/mol. The fraction of sp³-hybridized carbons (Fsp3) is 0.750. The molecule has 0 bridgehead atoms. The highest BCUT2D eigenvalue weighted by Crippen LogP contribution is 2.14. The first-order chi connectivity index (χ1) is 7.42. The first kappa shape index (κ1) is 13.2. The minimum Gasteiger partial charge on any atom is -0.469 e. The molecule has 0 aromatic heterocycles. The van der Waals surface area contributed by atoms with Crippen LogP contribution in [0.3, 0.4) is 0 Å². The van der Waals surface area contributed by atoms with Crippen molar-refractivity contribution in [3.05, 3.63) is 0 Å². The van der Waals surface area contributed by atoms with Gasteiger partial charge in [0.05, 0.1) is 13.5 Å². The summed E-state index contributed by atoms with van der Waals surface area (Å²) in [4.78, 5) is 12.7. The third-order valence-electron chi connectivity index (χ3n) is 2.22. The number of amidine groups is 1. The molecule has 1 rings (SSSR count). The third kappa shape index (κ3) is 4.36. The number of likely N-dealkylation sites (tertiary alicyclic amines) is 1. The van der Waals surface area contributed by atoms with E-state index in [1.807, 2.05) is 0 Å². The van der Waals surface area contributed by atoms with Crippen LogP contribution >= 0.6 is 10.7 Å². The second-order valence-corrected chi connectivity index (χ2v) is 5.51. The van der Waals surface area contributed by atoms with Crippen LogP contribution in [-0.4, -0.2) is 45.3 Å². The maximum absolute atomic E-state index is 10.9. The Hall–Kier alpha value is -0.820. The lowest BCUT2D eigenvalue weighted by Crippen LogP contribution is -2.28. The number of hydrogen-bond donors (Lipinski definition) is 0. The summed E-state index contributed by atoms with van der Waals surface area (Å²) in [5.41, 5.74) is 0. The summed E-state index contributed by atoms with van der Waals surface area (Å²) in [6.07, 6.45) is 1.58. The van der Waals surface area contributed by atoms with E-state index in [4.69, 9.17) is 10.7 Å².